The van der Waals surface area contributed by atoms with Crippen LogP contribution >= 0.6 is 11.3 Å². The van der Waals surface area contributed by atoms with E-state index in [0.29, 0.717) is 36.7 Å². The van der Waals surface area contributed by atoms with Crippen molar-refractivity contribution in [3.05, 3.63) is 63.3 Å². The molecule has 25 heavy (non-hydrogen) atoms. The summed E-state index contributed by atoms with van der Waals surface area (Å²) < 4.78 is 13.8. The van der Waals surface area contributed by atoms with Gasteiger partial charge in [-0.1, -0.05) is 23.5 Å². The molecule has 1 aliphatic heterocycles. The van der Waals surface area contributed by atoms with Crippen LogP contribution in [-0.4, -0.2) is 41.9 Å². The van der Waals surface area contributed by atoms with E-state index >= 15 is 0 Å². The van der Waals surface area contributed by atoms with Gasteiger partial charge in [0.05, 0.1) is 10.6 Å². The second-order valence-electron chi connectivity index (χ2n) is 5.53. The van der Waals surface area contributed by atoms with E-state index < -0.39 is 4.92 Å². The molecular weight excluding hydrogens is 345 g/mol. The Kier molecular flexibility index (Phi) is 5.08. The molecule has 0 saturated carbocycles. The van der Waals surface area contributed by atoms with Crippen LogP contribution in [0.5, 0.6) is 0 Å². The summed E-state index contributed by atoms with van der Waals surface area (Å²) in [4.78, 5) is 26.7. The second kappa shape index (κ2) is 7.43. The number of rotatable bonds is 4. The maximum atomic E-state index is 13.8. The molecule has 0 radical (unpaired) electrons. The normalized spacial score (nSPS) is 14.9. The number of hydrogen-bond donors (Lipinski definition) is 0. The van der Waals surface area contributed by atoms with Gasteiger partial charge >= 0.3 is 5.00 Å². The standard InChI is InChI=1S/C17H16FN3O3S/c18-14-3-1-2-4-15(14)19-9-11-20(12-10-19)16(22)7-5-13-6-8-17(25-13)21(23)24/h1-8H,9-12H2/b7-5+. The van der Waals surface area contributed by atoms with Crippen molar-refractivity contribution in [2.75, 3.05) is 31.1 Å². The lowest BCUT2D eigenvalue weighted by molar-refractivity contribution is -0.380. The predicted octanol–water partition coefficient (Wildman–Crippen LogP) is 3.16. The smallest absolute Gasteiger partial charge is 0.324 e. The Hall–Kier alpha value is -2.74. The summed E-state index contributed by atoms with van der Waals surface area (Å²) in [5, 5.41) is 10.7. The van der Waals surface area contributed by atoms with Crippen LogP contribution in [-0.2, 0) is 4.79 Å². The molecule has 0 atom stereocenters. The van der Waals surface area contributed by atoms with Crippen molar-refractivity contribution < 1.29 is 14.1 Å². The van der Waals surface area contributed by atoms with Crippen molar-refractivity contribution in [3.63, 3.8) is 0 Å². The van der Waals surface area contributed by atoms with Crippen LogP contribution in [0.1, 0.15) is 4.88 Å². The lowest BCUT2D eigenvalue weighted by Crippen LogP contribution is -2.48. The molecule has 0 bridgehead atoms. The minimum absolute atomic E-state index is 0.0469. The fourth-order valence-electron chi connectivity index (χ4n) is 2.66. The number of nitro groups is 1. The lowest BCUT2D eigenvalue weighted by atomic mass is 10.2. The van der Waals surface area contributed by atoms with E-state index in [0.717, 1.165) is 11.3 Å². The van der Waals surface area contributed by atoms with E-state index in [9.17, 15) is 19.3 Å². The maximum absolute atomic E-state index is 13.8. The largest absolute Gasteiger partial charge is 0.366 e. The summed E-state index contributed by atoms with van der Waals surface area (Å²) in [5.74, 6) is -0.411. The number of amides is 1. The molecule has 1 saturated heterocycles. The van der Waals surface area contributed by atoms with Gasteiger partial charge in [-0.15, -0.1) is 0 Å². The topological polar surface area (TPSA) is 66.7 Å². The summed E-state index contributed by atoms with van der Waals surface area (Å²) in [5.41, 5.74) is 0.552. The third-order valence-electron chi connectivity index (χ3n) is 3.97. The van der Waals surface area contributed by atoms with Gasteiger partial charge in [0, 0.05) is 43.2 Å². The minimum atomic E-state index is -0.453. The van der Waals surface area contributed by atoms with E-state index in [1.165, 1.54) is 18.2 Å². The molecule has 130 valence electrons. The molecule has 1 amide bonds. The zero-order chi connectivity index (χ0) is 17.8. The fourth-order valence-corrected chi connectivity index (χ4v) is 3.39. The Morgan fingerprint density at radius 1 is 1.16 bits per heavy atom. The summed E-state index contributed by atoms with van der Waals surface area (Å²) in [6.07, 6.45) is 3.01. The lowest BCUT2D eigenvalue weighted by Gasteiger charge is -2.35. The average Bonchev–Trinajstić information content (AvgIpc) is 3.10. The highest BCUT2D eigenvalue weighted by Gasteiger charge is 2.21. The van der Waals surface area contributed by atoms with E-state index in [2.05, 4.69) is 0 Å². The highest BCUT2D eigenvalue weighted by atomic mass is 32.1. The van der Waals surface area contributed by atoms with Gasteiger partial charge in [-0.2, -0.15) is 0 Å². The van der Waals surface area contributed by atoms with Gasteiger partial charge < -0.3 is 9.80 Å². The van der Waals surface area contributed by atoms with Crippen molar-refractivity contribution in [2.45, 2.75) is 0 Å². The molecule has 8 heteroatoms. The number of piperazine rings is 1. The van der Waals surface area contributed by atoms with Gasteiger partial charge in [-0.3, -0.25) is 14.9 Å². The number of para-hydroxylation sites is 1. The predicted molar refractivity (Wildman–Crippen MR) is 95.2 cm³/mol. The van der Waals surface area contributed by atoms with Crippen LogP contribution in [0, 0.1) is 15.9 Å². The van der Waals surface area contributed by atoms with Crippen LogP contribution < -0.4 is 4.90 Å². The molecule has 1 aromatic heterocycles. The van der Waals surface area contributed by atoms with Gasteiger partial charge in [-0.05, 0) is 24.3 Å². The van der Waals surface area contributed by atoms with Gasteiger partial charge in [0.2, 0.25) is 5.91 Å². The Morgan fingerprint density at radius 3 is 2.52 bits per heavy atom. The van der Waals surface area contributed by atoms with Gasteiger partial charge in [0.15, 0.2) is 0 Å². The molecule has 0 unspecified atom stereocenters. The molecule has 1 fully saturated rings. The molecule has 1 aromatic carbocycles. The third kappa shape index (κ3) is 4.03. The highest BCUT2D eigenvalue weighted by Crippen LogP contribution is 2.25. The van der Waals surface area contributed by atoms with Crippen molar-refractivity contribution in [3.8, 4) is 0 Å². The van der Waals surface area contributed by atoms with E-state index in [1.54, 1.807) is 35.2 Å². The Labute approximate surface area is 147 Å². The molecule has 0 aliphatic carbocycles. The Morgan fingerprint density at radius 2 is 1.88 bits per heavy atom. The van der Waals surface area contributed by atoms with Crippen molar-refractivity contribution in [2.24, 2.45) is 0 Å². The SMILES string of the molecule is O=C(/C=C/c1ccc([N+](=O)[O-])s1)N1CCN(c2ccccc2F)CC1. The number of halogens is 1. The van der Waals surface area contributed by atoms with Crippen LogP contribution in [0.2, 0.25) is 0 Å². The first kappa shape index (κ1) is 17.1. The molecule has 0 spiro atoms. The first-order valence-corrected chi connectivity index (χ1v) is 8.57. The van der Waals surface area contributed by atoms with Crippen LogP contribution in [0.25, 0.3) is 6.08 Å². The maximum Gasteiger partial charge on any atom is 0.324 e. The van der Waals surface area contributed by atoms with Crippen molar-refractivity contribution in [1.29, 1.82) is 0 Å². The van der Waals surface area contributed by atoms with Crippen molar-refractivity contribution >= 4 is 34.0 Å². The molecule has 2 aromatic rings. The summed E-state index contributed by atoms with van der Waals surface area (Å²) in [6, 6.07) is 9.63. The minimum Gasteiger partial charge on any atom is -0.366 e. The van der Waals surface area contributed by atoms with Crippen LogP contribution in [0.15, 0.2) is 42.5 Å². The summed E-state index contributed by atoms with van der Waals surface area (Å²) >= 11 is 1.02. The number of carbonyl (C=O) groups is 1. The summed E-state index contributed by atoms with van der Waals surface area (Å²) in [6.45, 7) is 2.13. The number of thiophene rings is 1. The first-order valence-electron chi connectivity index (χ1n) is 7.75. The Bertz CT molecular complexity index is 813. The molecule has 6 nitrogen and oxygen atoms in total. The Balaban J connectivity index is 1.57. The third-order valence-corrected chi connectivity index (χ3v) is 4.97. The van der Waals surface area contributed by atoms with Gasteiger partial charge in [-0.25, -0.2) is 4.39 Å². The fraction of sp³-hybridized carbons (Fsp3) is 0.235. The van der Waals surface area contributed by atoms with E-state index in [4.69, 9.17) is 0 Å². The second-order valence-corrected chi connectivity index (χ2v) is 6.62. The van der Waals surface area contributed by atoms with E-state index in [-0.39, 0.29) is 16.7 Å². The van der Waals surface area contributed by atoms with E-state index in [1.807, 2.05) is 4.90 Å². The molecule has 2 heterocycles. The number of benzene rings is 1. The molecule has 0 N–H and O–H groups in total. The molecule has 1 aliphatic rings. The van der Waals surface area contributed by atoms with Crippen molar-refractivity contribution in [1.82, 2.24) is 4.90 Å². The molecular formula is C17H16FN3O3S. The summed E-state index contributed by atoms with van der Waals surface area (Å²) in [7, 11) is 0. The first-order chi connectivity index (χ1) is 12.0. The van der Waals surface area contributed by atoms with Crippen LogP contribution in [0.4, 0.5) is 15.1 Å². The number of anilines is 1. The molecule has 3 rings (SSSR count). The number of carbonyl (C=O) groups excluding carboxylic acids is 1. The van der Waals surface area contributed by atoms with Gasteiger partial charge in [0.1, 0.15) is 5.82 Å². The monoisotopic (exact) mass is 361 g/mol. The zero-order valence-corrected chi connectivity index (χ0v) is 14.1. The number of nitrogens with zero attached hydrogens (tertiary/aromatic N) is 3. The quantitative estimate of drug-likeness (QED) is 0.477. The van der Waals surface area contributed by atoms with Crippen LogP contribution in [0.3, 0.4) is 0 Å². The zero-order valence-electron chi connectivity index (χ0n) is 13.3. The average molecular weight is 361 g/mol. The number of hydrogen-bond acceptors (Lipinski definition) is 5. The highest BCUT2D eigenvalue weighted by molar-refractivity contribution is 7.16. The van der Waals surface area contributed by atoms with Gasteiger partial charge in [0.25, 0.3) is 0 Å².